The zero-order valence-corrected chi connectivity index (χ0v) is 9.57. The van der Waals surface area contributed by atoms with Crippen molar-refractivity contribution < 1.29 is 36.6 Å². The molecule has 1 N–H and O–H groups in total. The SMILES string of the molecule is O=C(O)CC(=O)c1c(Cl)cc(C(F)(F)F)c(F)c1F. The van der Waals surface area contributed by atoms with E-state index in [1.807, 2.05) is 0 Å². The van der Waals surface area contributed by atoms with Crippen LogP contribution in [0.25, 0.3) is 0 Å². The van der Waals surface area contributed by atoms with Crippen molar-refractivity contribution in [3.05, 3.63) is 33.9 Å². The second-order valence-electron chi connectivity index (χ2n) is 3.40. The van der Waals surface area contributed by atoms with Crippen molar-refractivity contribution in [1.29, 1.82) is 0 Å². The van der Waals surface area contributed by atoms with Crippen molar-refractivity contribution in [2.45, 2.75) is 12.6 Å². The fourth-order valence-corrected chi connectivity index (χ4v) is 1.58. The third kappa shape index (κ3) is 3.19. The molecule has 0 aliphatic carbocycles. The summed E-state index contributed by atoms with van der Waals surface area (Å²) in [5, 5.41) is 7.32. The number of carboxylic acids is 1. The molecule has 1 aromatic rings. The summed E-state index contributed by atoms with van der Waals surface area (Å²) in [5.41, 5.74) is -3.18. The summed E-state index contributed by atoms with van der Waals surface area (Å²) >= 11 is 5.27. The average Bonchev–Trinajstić information content (AvgIpc) is 2.20. The Hall–Kier alpha value is -1.70. The molecule has 0 bridgehead atoms. The van der Waals surface area contributed by atoms with E-state index in [4.69, 9.17) is 16.7 Å². The zero-order valence-electron chi connectivity index (χ0n) is 8.82. The maximum Gasteiger partial charge on any atom is 0.419 e. The van der Waals surface area contributed by atoms with E-state index >= 15 is 0 Å². The molecule has 0 unspecified atom stereocenters. The molecular weight excluding hydrogens is 299 g/mol. The number of ketones is 1. The molecule has 1 aromatic carbocycles. The van der Waals surface area contributed by atoms with Gasteiger partial charge in [0.1, 0.15) is 6.42 Å². The second-order valence-corrected chi connectivity index (χ2v) is 3.81. The van der Waals surface area contributed by atoms with Gasteiger partial charge in [-0.3, -0.25) is 9.59 Å². The molecule has 104 valence electrons. The first-order chi connectivity index (χ1) is 8.55. The largest absolute Gasteiger partial charge is 0.481 e. The summed E-state index contributed by atoms with van der Waals surface area (Å²) in [5.74, 6) is -7.50. The standard InChI is InChI=1S/C10H4ClF5O3/c11-4-1-3(10(14,15)16)8(12)9(13)7(4)5(17)2-6(18)19/h1H,2H2,(H,18,19). The van der Waals surface area contributed by atoms with Gasteiger partial charge in [0.2, 0.25) is 0 Å². The molecule has 0 radical (unpaired) electrons. The van der Waals surface area contributed by atoms with Crippen LogP contribution in [-0.2, 0) is 11.0 Å². The van der Waals surface area contributed by atoms with Crippen LogP contribution < -0.4 is 0 Å². The number of carbonyl (C=O) groups excluding carboxylic acids is 1. The summed E-state index contributed by atoms with van der Waals surface area (Å²) in [4.78, 5) is 21.5. The fraction of sp³-hybridized carbons (Fsp3) is 0.200. The Morgan fingerprint density at radius 2 is 1.74 bits per heavy atom. The van der Waals surface area contributed by atoms with Crippen molar-refractivity contribution in [1.82, 2.24) is 0 Å². The number of halogens is 6. The van der Waals surface area contributed by atoms with Crippen LogP contribution in [0, 0.1) is 11.6 Å². The molecule has 0 spiro atoms. The topological polar surface area (TPSA) is 54.4 Å². The van der Waals surface area contributed by atoms with Gasteiger partial charge < -0.3 is 5.11 Å². The van der Waals surface area contributed by atoms with E-state index in [1.54, 1.807) is 0 Å². The number of Topliss-reactive ketones (excluding diaryl/α,β-unsaturated/α-hetero) is 1. The van der Waals surface area contributed by atoms with Gasteiger partial charge in [0.15, 0.2) is 17.4 Å². The maximum absolute atomic E-state index is 13.4. The first kappa shape index (κ1) is 15.4. The molecular formula is C10H4ClF5O3. The number of alkyl halides is 3. The van der Waals surface area contributed by atoms with E-state index in [0.29, 0.717) is 0 Å². The molecule has 0 aliphatic heterocycles. The van der Waals surface area contributed by atoms with E-state index in [1.165, 1.54) is 0 Å². The molecule has 1 rings (SSSR count). The first-order valence-electron chi connectivity index (χ1n) is 4.55. The molecule has 0 saturated carbocycles. The van der Waals surface area contributed by atoms with E-state index < -0.39 is 52.1 Å². The molecule has 0 amide bonds. The number of carboxylic acid groups (broad SMARTS) is 1. The molecule has 0 saturated heterocycles. The third-order valence-corrected chi connectivity index (χ3v) is 2.35. The van der Waals surface area contributed by atoms with Crippen LogP contribution in [-0.4, -0.2) is 16.9 Å². The normalized spacial score (nSPS) is 11.5. The third-order valence-electron chi connectivity index (χ3n) is 2.05. The average molecular weight is 303 g/mol. The van der Waals surface area contributed by atoms with Gasteiger partial charge in [0, 0.05) is 0 Å². The monoisotopic (exact) mass is 302 g/mol. The van der Waals surface area contributed by atoms with Crippen LogP contribution in [0.3, 0.4) is 0 Å². The molecule has 3 nitrogen and oxygen atoms in total. The van der Waals surface area contributed by atoms with Gasteiger partial charge >= 0.3 is 12.1 Å². The summed E-state index contributed by atoms with van der Waals surface area (Å²) in [6.45, 7) is 0. The maximum atomic E-state index is 13.4. The lowest BCUT2D eigenvalue weighted by Gasteiger charge is -2.12. The predicted octanol–water partition coefficient (Wildman–Crippen LogP) is 3.29. The van der Waals surface area contributed by atoms with Gasteiger partial charge in [-0.05, 0) is 6.07 Å². The van der Waals surface area contributed by atoms with Crippen molar-refractivity contribution in [3.63, 3.8) is 0 Å². The van der Waals surface area contributed by atoms with Crippen molar-refractivity contribution in [3.8, 4) is 0 Å². The number of benzene rings is 1. The quantitative estimate of drug-likeness (QED) is 0.403. The predicted molar refractivity (Wildman–Crippen MR) is 53.0 cm³/mol. The summed E-state index contributed by atoms with van der Waals surface area (Å²) < 4.78 is 63.5. The molecule has 9 heteroatoms. The van der Waals surface area contributed by atoms with Crippen LogP contribution in [0.15, 0.2) is 6.07 Å². The summed E-state index contributed by atoms with van der Waals surface area (Å²) in [6, 6.07) is 0.0368. The van der Waals surface area contributed by atoms with E-state index in [9.17, 15) is 31.5 Å². The van der Waals surface area contributed by atoms with Crippen LogP contribution in [0.5, 0.6) is 0 Å². The highest BCUT2D eigenvalue weighted by atomic mass is 35.5. The number of rotatable bonds is 3. The van der Waals surface area contributed by atoms with Crippen molar-refractivity contribution >= 4 is 23.4 Å². The van der Waals surface area contributed by atoms with E-state index in [2.05, 4.69) is 0 Å². The highest BCUT2D eigenvalue weighted by molar-refractivity contribution is 6.34. The van der Waals surface area contributed by atoms with Gasteiger partial charge in [-0.25, -0.2) is 8.78 Å². The number of carbonyl (C=O) groups is 2. The lowest BCUT2D eigenvalue weighted by Crippen LogP contribution is -2.15. The Bertz CT molecular complexity index is 553. The Labute approximate surface area is 107 Å². The highest BCUT2D eigenvalue weighted by Crippen LogP contribution is 2.36. The zero-order chi connectivity index (χ0) is 15.0. The van der Waals surface area contributed by atoms with Gasteiger partial charge in [-0.1, -0.05) is 11.6 Å². The first-order valence-corrected chi connectivity index (χ1v) is 4.93. The summed E-state index contributed by atoms with van der Waals surface area (Å²) in [7, 11) is 0. The van der Waals surface area contributed by atoms with Gasteiger partial charge in [0.25, 0.3) is 0 Å². The number of hydrogen-bond acceptors (Lipinski definition) is 2. The van der Waals surface area contributed by atoms with Gasteiger partial charge in [-0.2, -0.15) is 13.2 Å². The van der Waals surface area contributed by atoms with Crippen LogP contribution in [0.1, 0.15) is 22.3 Å². The van der Waals surface area contributed by atoms with E-state index in [0.717, 1.165) is 0 Å². The minimum absolute atomic E-state index is 0.0368. The Balaban J connectivity index is 3.43. The van der Waals surface area contributed by atoms with Crippen LogP contribution in [0.4, 0.5) is 22.0 Å². The Morgan fingerprint density at radius 3 is 2.16 bits per heavy atom. The molecule has 19 heavy (non-hydrogen) atoms. The highest BCUT2D eigenvalue weighted by Gasteiger charge is 2.38. The second kappa shape index (κ2) is 5.12. The van der Waals surface area contributed by atoms with Gasteiger partial charge in [-0.15, -0.1) is 0 Å². The van der Waals surface area contributed by atoms with Crippen LogP contribution in [0.2, 0.25) is 5.02 Å². The molecule has 0 aliphatic rings. The number of hydrogen-bond donors (Lipinski definition) is 1. The minimum atomic E-state index is -5.19. The number of aliphatic carboxylic acids is 1. The Kier molecular flexibility index (Phi) is 4.14. The fourth-order valence-electron chi connectivity index (χ4n) is 1.28. The molecule has 0 heterocycles. The lowest BCUT2D eigenvalue weighted by molar-refractivity contribution is -0.140. The van der Waals surface area contributed by atoms with Crippen molar-refractivity contribution in [2.75, 3.05) is 0 Å². The van der Waals surface area contributed by atoms with Crippen LogP contribution >= 0.6 is 11.6 Å². The lowest BCUT2D eigenvalue weighted by atomic mass is 10.0. The molecule has 0 aromatic heterocycles. The van der Waals surface area contributed by atoms with Gasteiger partial charge in [0.05, 0.1) is 16.1 Å². The van der Waals surface area contributed by atoms with E-state index in [-0.39, 0.29) is 6.07 Å². The molecule has 0 fully saturated rings. The van der Waals surface area contributed by atoms with Crippen molar-refractivity contribution in [2.24, 2.45) is 0 Å². The summed E-state index contributed by atoms with van der Waals surface area (Å²) in [6.07, 6.45) is -6.41. The minimum Gasteiger partial charge on any atom is -0.481 e. The Morgan fingerprint density at radius 1 is 1.21 bits per heavy atom. The molecule has 0 atom stereocenters. The smallest absolute Gasteiger partial charge is 0.419 e.